The van der Waals surface area contributed by atoms with E-state index < -0.39 is 97.5 Å². The molecule has 101 heavy (non-hydrogen) atoms. The minimum atomic E-state index is -4.96. The fraction of sp³-hybridized carbons (Fsp3) is 0.951. The van der Waals surface area contributed by atoms with Crippen molar-refractivity contribution in [1.82, 2.24) is 0 Å². The molecule has 5 atom stereocenters. The first-order valence-corrected chi connectivity index (χ1v) is 45.6. The van der Waals surface area contributed by atoms with Gasteiger partial charge in [-0.05, 0) is 31.6 Å². The summed E-state index contributed by atoms with van der Waals surface area (Å²) < 4.78 is 68.7. The number of unbranched alkanes of at least 4 members (excludes halogenated alkanes) is 54. The number of rotatable bonds is 82. The third-order valence-corrected chi connectivity index (χ3v) is 21.2. The second-order valence-electron chi connectivity index (χ2n) is 30.0. The molecular weight excluding hydrogens is 1320 g/mol. The van der Waals surface area contributed by atoms with Crippen LogP contribution < -0.4 is 0 Å². The van der Waals surface area contributed by atoms with Crippen LogP contribution in [0.5, 0.6) is 0 Å². The van der Waals surface area contributed by atoms with Gasteiger partial charge in [0, 0.05) is 25.7 Å². The molecule has 17 nitrogen and oxygen atoms in total. The maximum absolute atomic E-state index is 13.1. The second kappa shape index (κ2) is 74.9. The van der Waals surface area contributed by atoms with Crippen molar-refractivity contribution < 1.29 is 80.2 Å². The molecule has 0 aromatic rings. The van der Waals surface area contributed by atoms with Gasteiger partial charge in [0.1, 0.15) is 19.3 Å². The molecule has 2 unspecified atom stereocenters. The second-order valence-corrected chi connectivity index (χ2v) is 32.9. The van der Waals surface area contributed by atoms with Crippen LogP contribution in [0.15, 0.2) is 0 Å². The maximum Gasteiger partial charge on any atom is 0.472 e. The van der Waals surface area contributed by atoms with Gasteiger partial charge in [-0.2, -0.15) is 0 Å². The first kappa shape index (κ1) is 99.1. The Bertz CT molecular complexity index is 1930. The number of hydrogen-bond acceptors (Lipinski definition) is 15. The van der Waals surface area contributed by atoms with Crippen molar-refractivity contribution >= 4 is 39.5 Å². The van der Waals surface area contributed by atoms with Crippen molar-refractivity contribution in [3.8, 4) is 0 Å². The Hall–Kier alpha value is -1.94. The molecule has 0 aliphatic carbocycles. The summed E-state index contributed by atoms with van der Waals surface area (Å²) in [6.45, 7) is 7.32. The summed E-state index contributed by atoms with van der Waals surface area (Å²) in [7, 11) is -9.92. The van der Waals surface area contributed by atoms with Crippen molar-refractivity contribution in [1.29, 1.82) is 0 Å². The average molecular weight is 1480 g/mol. The van der Waals surface area contributed by atoms with E-state index in [1.807, 2.05) is 0 Å². The summed E-state index contributed by atoms with van der Waals surface area (Å²) in [6, 6.07) is 0. The summed E-state index contributed by atoms with van der Waals surface area (Å²) in [5.41, 5.74) is 0. The molecule has 0 saturated carbocycles. The lowest BCUT2D eigenvalue weighted by Crippen LogP contribution is -2.30. The Morgan fingerprint density at radius 3 is 0.673 bits per heavy atom. The van der Waals surface area contributed by atoms with E-state index in [0.717, 1.165) is 95.8 Å². The molecule has 0 fully saturated rings. The van der Waals surface area contributed by atoms with E-state index >= 15 is 0 Å². The highest BCUT2D eigenvalue weighted by Crippen LogP contribution is 2.45. The van der Waals surface area contributed by atoms with Crippen LogP contribution in [0.2, 0.25) is 0 Å². The minimum absolute atomic E-state index is 0.107. The van der Waals surface area contributed by atoms with Gasteiger partial charge in [-0.15, -0.1) is 0 Å². The van der Waals surface area contributed by atoms with Crippen LogP contribution in [0.25, 0.3) is 0 Å². The molecule has 3 N–H and O–H groups in total. The third-order valence-electron chi connectivity index (χ3n) is 19.3. The van der Waals surface area contributed by atoms with Crippen LogP contribution in [-0.4, -0.2) is 96.7 Å². The van der Waals surface area contributed by atoms with Crippen molar-refractivity contribution in [3.63, 3.8) is 0 Å². The lowest BCUT2D eigenvalue weighted by molar-refractivity contribution is -0.161. The Morgan fingerprint density at radius 1 is 0.267 bits per heavy atom. The molecule has 0 rings (SSSR count). The van der Waals surface area contributed by atoms with Crippen molar-refractivity contribution in [2.24, 2.45) is 5.92 Å². The Kier molecular flexibility index (Phi) is 73.5. The zero-order valence-electron chi connectivity index (χ0n) is 66.1. The lowest BCUT2D eigenvalue weighted by atomic mass is 10.0. The van der Waals surface area contributed by atoms with Crippen molar-refractivity contribution in [2.75, 3.05) is 39.6 Å². The standard InChI is InChI=1S/C82H160O17P2/c1-6-9-12-15-18-21-24-27-29-30-31-32-33-34-35-36-38-41-47-52-57-62-67-81(86)98-77(71-93-80(85)66-61-56-51-46-40-37-28-25-22-19-16-13-10-7-2)73-96-100(88,89)94-69-76(83)70-95-101(90,91)97-74-78(72-92-79(84)65-60-55-50-45-39-26-23-20-17-14-11-8-3)99-82(87)68-63-58-53-48-43-42-44-49-54-59-64-75(4)5/h75-78,83H,6-74H2,1-5H3,(H,88,89)(H,90,91)/t76-,77-,78-/m1/s1. The maximum atomic E-state index is 13.1. The number of phosphoric acid groups is 2. The zero-order chi connectivity index (χ0) is 74.1. The summed E-state index contributed by atoms with van der Waals surface area (Å²) in [5.74, 6) is -1.35. The molecule has 19 heteroatoms. The minimum Gasteiger partial charge on any atom is -0.462 e. The zero-order valence-corrected chi connectivity index (χ0v) is 67.8. The largest absolute Gasteiger partial charge is 0.472 e. The molecule has 0 aliphatic heterocycles. The van der Waals surface area contributed by atoms with Gasteiger partial charge in [-0.1, -0.05) is 388 Å². The smallest absolute Gasteiger partial charge is 0.462 e. The summed E-state index contributed by atoms with van der Waals surface area (Å²) in [6.07, 6.45) is 66.6. The molecule has 0 aromatic heterocycles. The molecule has 600 valence electrons. The first-order valence-electron chi connectivity index (χ1n) is 42.6. The average Bonchev–Trinajstić information content (AvgIpc) is 1.02. The fourth-order valence-corrected chi connectivity index (χ4v) is 14.3. The Morgan fingerprint density at radius 2 is 0.455 bits per heavy atom. The SMILES string of the molecule is CCCCCCCCCCCCCCCCCCCCCCCCC(=O)O[C@H](COC(=O)CCCCCCCCCCCCCCCC)COP(=O)(O)OC[C@@H](O)COP(=O)(O)OC[C@@H](COC(=O)CCCCCCCCCCCCCC)OC(=O)CCCCCCCCCCCCC(C)C. The van der Waals surface area contributed by atoms with E-state index in [2.05, 4.69) is 34.6 Å². The normalized spacial score (nSPS) is 13.8. The highest BCUT2D eigenvalue weighted by molar-refractivity contribution is 7.47. The van der Waals surface area contributed by atoms with Crippen molar-refractivity contribution in [3.05, 3.63) is 0 Å². The molecular formula is C82H160O17P2. The Labute approximate surface area is 619 Å². The quantitative estimate of drug-likeness (QED) is 0.0222. The van der Waals surface area contributed by atoms with Gasteiger partial charge in [0.05, 0.1) is 26.4 Å². The number of carbonyl (C=O) groups is 4. The number of aliphatic hydroxyl groups excluding tert-OH is 1. The third kappa shape index (κ3) is 76.1. The number of carbonyl (C=O) groups excluding carboxylic acids is 4. The van der Waals surface area contributed by atoms with Crippen LogP contribution in [0, 0.1) is 5.92 Å². The summed E-state index contributed by atoms with van der Waals surface area (Å²) in [4.78, 5) is 73.0. The molecule has 0 heterocycles. The molecule has 0 amide bonds. The molecule has 0 aromatic carbocycles. The van der Waals surface area contributed by atoms with Gasteiger partial charge in [-0.3, -0.25) is 37.3 Å². The molecule has 0 spiro atoms. The van der Waals surface area contributed by atoms with Crippen LogP contribution in [0.1, 0.15) is 439 Å². The van der Waals surface area contributed by atoms with Gasteiger partial charge >= 0.3 is 39.5 Å². The highest BCUT2D eigenvalue weighted by atomic mass is 31.2. The predicted octanol–water partition coefficient (Wildman–Crippen LogP) is 24.8. The lowest BCUT2D eigenvalue weighted by Gasteiger charge is -2.21. The van der Waals surface area contributed by atoms with Gasteiger partial charge in [0.25, 0.3) is 0 Å². The number of ether oxygens (including phenoxy) is 4. The van der Waals surface area contributed by atoms with Crippen LogP contribution in [0.3, 0.4) is 0 Å². The van der Waals surface area contributed by atoms with E-state index in [9.17, 15) is 43.2 Å². The van der Waals surface area contributed by atoms with E-state index in [1.54, 1.807) is 0 Å². The fourth-order valence-electron chi connectivity index (χ4n) is 12.8. The van der Waals surface area contributed by atoms with E-state index in [0.29, 0.717) is 25.7 Å². The van der Waals surface area contributed by atoms with Gasteiger partial charge in [0.15, 0.2) is 12.2 Å². The van der Waals surface area contributed by atoms with Crippen LogP contribution >= 0.6 is 15.6 Å². The van der Waals surface area contributed by atoms with Gasteiger partial charge < -0.3 is 33.8 Å². The van der Waals surface area contributed by atoms with E-state index in [-0.39, 0.29) is 25.7 Å². The monoisotopic (exact) mass is 1480 g/mol. The molecule has 0 aliphatic rings. The van der Waals surface area contributed by atoms with E-state index in [4.69, 9.17) is 37.0 Å². The van der Waals surface area contributed by atoms with E-state index in [1.165, 1.54) is 263 Å². The first-order chi connectivity index (χ1) is 49.0. The molecule has 0 radical (unpaired) electrons. The number of phosphoric ester groups is 2. The summed E-state index contributed by atoms with van der Waals surface area (Å²) in [5, 5.41) is 10.6. The topological polar surface area (TPSA) is 237 Å². The van der Waals surface area contributed by atoms with Gasteiger partial charge in [0.2, 0.25) is 0 Å². The Balaban J connectivity index is 5.21. The number of esters is 4. The summed E-state index contributed by atoms with van der Waals surface area (Å²) >= 11 is 0. The van der Waals surface area contributed by atoms with Gasteiger partial charge in [-0.25, -0.2) is 9.13 Å². The van der Waals surface area contributed by atoms with Crippen molar-refractivity contribution in [2.45, 2.75) is 457 Å². The number of aliphatic hydroxyl groups is 1. The predicted molar refractivity (Wildman–Crippen MR) is 414 cm³/mol. The molecule has 0 saturated heterocycles. The number of hydrogen-bond donors (Lipinski definition) is 3. The van der Waals surface area contributed by atoms with Crippen LogP contribution in [0.4, 0.5) is 0 Å². The van der Waals surface area contributed by atoms with Crippen LogP contribution in [-0.2, 0) is 65.4 Å². The highest BCUT2D eigenvalue weighted by Gasteiger charge is 2.30. The molecule has 0 bridgehead atoms.